The molecule has 0 saturated carbocycles. The third-order valence-corrected chi connectivity index (χ3v) is 0.605. The van der Waals surface area contributed by atoms with Crippen molar-refractivity contribution < 1.29 is 19.8 Å². The first kappa shape index (κ1) is 18.1. The third-order valence-electron chi connectivity index (χ3n) is 0.605. The van der Waals surface area contributed by atoms with Crippen molar-refractivity contribution in [3.8, 4) is 0 Å². The smallest absolute Gasteiger partial charge is 0.545 e. The van der Waals surface area contributed by atoms with Gasteiger partial charge in [-0.25, -0.2) is 0 Å². The summed E-state index contributed by atoms with van der Waals surface area (Å²) in [5.41, 5.74) is 0. The van der Waals surface area contributed by atoms with E-state index in [9.17, 15) is 19.8 Å². The molecule has 0 bridgehead atoms. The molecule has 0 N–H and O–H groups in total. The molecule has 5 heteroatoms. The Morgan fingerprint density at radius 1 is 0.923 bits per heavy atom. The fourth-order valence-corrected chi connectivity index (χ4v) is 0.272. The molecular weight excluding hydrogens is 279 g/mol. The van der Waals surface area contributed by atoms with Crippen LogP contribution in [0.1, 0.15) is 13.8 Å². The number of hydrogen-bond acceptors (Lipinski definition) is 4. The van der Waals surface area contributed by atoms with Crippen molar-refractivity contribution in [2.45, 2.75) is 13.8 Å². The predicted molar refractivity (Wildman–Crippen MR) is 45.4 cm³/mol. The van der Waals surface area contributed by atoms with Crippen molar-refractivity contribution in [3.63, 3.8) is 0 Å². The molecule has 0 atom stereocenters. The Balaban J connectivity index is -0.000000143. The van der Waals surface area contributed by atoms with Gasteiger partial charge in [-0.15, -0.1) is 0 Å². The first-order chi connectivity index (χ1) is 5.54. The van der Waals surface area contributed by atoms with Gasteiger partial charge in [-0.05, 0) is 26.0 Å². The number of aliphatic carboxylic acids is 2. The summed E-state index contributed by atoms with van der Waals surface area (Å²) in [5.74, 6) is -2.28. The van der Waals surface area contributed by atoms with Crippen LogP contribution in [0.2, 0.25) is 0 Å². The second-order valence-corrected chi connectivity index (χ2v) is 1.64. The Morgan fingerprint density at radius 2 is 1.15 bits per heavy atom. The maximum Gasteiger partial charge on any atom is 2.00 e. The van der Waals surface area contributed by atoms with Crippen molar-refractivity contribution in [1.82, 2.24) is 0 Å². The summed E-state index contributed by atoms with van der Waals surface area (Å²) in [6.07, 6.45) is 4.77. The van der Waals surface area contributed by atoms with E-state index in [-0.39, 0.29) is 23.9 Å². The molecule has 13 heavy (non-hydrogen) atoms. The minimum absolute atomic E-state index is 0. The number of carboxylic acid groups (broad SMARTS) is 2. The molecule has 70 valence electrons. The Hall–Kier alpha value is -0.781. The van der Waals surface area contributed by atoms with Crippen molar-refractivity contribution >= 4 is 35.8 Å². The van der Waals surface area contributed by atoms with E-state index in [0.29, 0.717) is 0 Å². The summed E-state index contributed by atoms with van der Waals surface area (Å²) in [7, 11) is 0. The van der Waals surface area contributed by atoms with Crippen LogP contribution in [-0.2, 0) is 9.59 Å². The summed E-state index contributed by atoms with van der Waals surface area (Å²) in [6.45, 7) is 3.24. The maximum absolute atomic E-state index is 9.40. The van der Waals surface area contributed by atoms with Gasteiger partial charge in [0.25, 0.3) is 0 Å². The molecule has 0 unspecified atom stereocenters. The molecule has 0 aromatic rings. The van der Waals surface area contributed by atoms with E-state index in [2.05, 4.69) is 0 Å². The van der Waals surface area contributed by atoms with Gasteiger partial charge in [-0.3, -0.25) is 0 Å². The Bertz CT molecular complexity index is 174. The molecule has 0 aliphatic rings. The minimum Gasteiger partial charge on any atom is -0.545 e. The minimum atomic E-state index is -1.14. The second kappa shape index (κ2) is 13.8. The van der Waals surface area contributed by atoms with E-state index in [0.717, 1.165) is 12.2 Å². The van der Waals surface area contributed by atoms with E-state index in [1.165, 1.54) is 12.2 Å². The van der Waals surface area contributed by atoms with E-state index in [1.54, 1.807) is 13.8 Å². The Morgan fingerprint density at radius 3 is 1.15 bits per heavy atom. The van der Waals surface area contributed by atoms with Gasteiger partial charge >= 0.3 is 23.9 Å². The van der Waals surface area contributed by atoms with E-state index >= 15 is 0 Å². The molecule has 0 fully saturated rings. The normalized spacial score (nSPS) is 8.77. The summed E-state index contributed by atoms with van der Waals surface area (Å²) in [6, 6.07) is 0. The largest absolute Gasteiger partial charge is 2.00 e. The van der Waals surface area contributed by atoms with Crippen molar-refractivity contribution in [2.75, 3.05) is 0 Å². The molecule has 4 nitrogen and oxygen atoms in total. The number of carbonyl (C=O) groups is 2. The average molecular weight is 289 g/mol. The topological polar surface area (TPSA) is 80.3 Å². The van der Waals surface area contributed by atoms with Gasteiger partial charge in [0.15, 0.2) is 0 Å². The summed E-state index contributed by atoms with van der Waals surface area (Å²) < 4.78 is 0. The standard InChI is InChI=1S/2C4H6O2.Sn/c2*1-2-3-4(5)6;/h2*2-3H,1H3,(H,5,6);/q;;+2/p-2. The van der Waals surface area contributed by atoms with Gasteiger partial charge in [-0.1, -0.05) is 12.2 Å². The molecular formula is C8H10O4Sn. The van der Waals surface area contributed by atoms with Crippen LogP contribution in [0.25, 0.3) is 0 Å². The van der Waals surface area contributed by atoms with Gasteiger partial charge < -0.3 is 19.8 Å². The number of allylic oxidation sites excluding steroid dienone is 2. The fourth-order valence-electron chi connectivity index (χ4n) is 0.272. The van der Waals surface area contributed by atoms with Crippen LogP contribution in [0.4, 0.5) is 0 Å². The molecule has 0 saturated heterocycles. The van der Waals surface area contributed by atoms with Crippen molar-refractivity contribution in [1.29, 1.82) is 0 Å². The zero-order valence-electron chi connectivity index (χ0n) is 7.44. The summed E-state index contributed by atoms with van der Waals surface area (Å²) in [4.78, 5) is 18.8. The maximum atomic E-state index is 9.40. The zero-order chi connectivity index (χ0) is 9.98. The van der Waals surface area contributed by atoms with E-state index < -0.39 is 11.9 Å². The number of hydrogen-bond donors (Lipinski definition) is 0. The number of rotatable bonds is 2. The first-order valence-electron chi connectivity index (χ1n) is 3.22. The molecule has 0 rings (SSSR count). The molecule has 2 radical (unpaired) electrons. The third kappa shape index (κ3) is 35.0. The molecule has 0 aromatic heterocycles. The van der Waals surface area contributed by atoms with Gasteiger partial charge in [0.2, 0.25) is 0 Å². The van der Waals surface area contributed by atoms with Crippen LogP contribution in [0.15, 0.2) is 24.3 Å². The summed E-state index contributed by atoms with van der Waals surface area (Å²) >= 11 is 0. The van der Waals surface area contributed by atoms with Crippen molar-refractivity contribution in [3.05, 3.63) is 24.3 Å². The van der Waals surface area contributed by atoms with Crippen LogP contribution in [-0.4, -0.2) is 35.8 Å². The molecule has 0 spiro atoms. The molecule has 0 aromatic carbocycles. The number of carbonyl (C=O) groups excluding carboxylic acids is 2. The molecule has 0 amide bonds. The van der Waals surface area contributed by atoms with Gasteiger partial charge in [0.1, 0.15) is 0 Å². The average Bonchev–Trinajstić information content (AvgIpc) is 1.87. The molecule has 0 heterocycles. The Kier molecular flexibility index (Phi) is 19.2. The number of carboxylic acids is 2. The van der Waals surface area contributed by atoms with Crippen molar-refractivity contribution in [2.24, 2.45) is 0 Å². The second-order valence-electron chi connectivity index (χ2n) is 1.64. The first-order valence-corrected chi connectivity index (χ1v) is 3.22. The van der Waals surface area contributed by atoms with Crippen LogP contribution in [0.5, 0.6) is 0 Å². The molecule has 0 aliphatic carbocycles. The van der Waals surface area contributed by atoms with Gasteiger partial charge in [0.05, 0.1) is 11.9 Å². The van der Waals surface area contributed by atoms with Gasteiger partial charge in [0, 0.05) is 0 Å². The zero-order valence-corrected chi connectivity index (χ0v) is 10.3. The fraction of sp³-hybridized carbons (Fsp3) is 0.250. The van der Waals surface area contributed by atoms with Gasteiger partial charge in [-0.2, -0.15) is 0 Å². The monoisotopic (exact) mass is 290 g/mol. The van der Waals surface area contributed by atoms with E-state index in [4.69, 9.17) is 0 Å². The van der Waals surface area contributed by atoms with Crippen LogP contribution < -0.4 is 10.2 Å². The van der Waals surface area contributed by atoms with Crippen LogP contribution in [0.3, 0.4) is 0 Å². The predicted octanol–water partition coefficient (Wildman–Crippen LogP) is -1.76. The SMILES string of the molecule is CC=CC(=O)[O-].CC=CC(=O)[O-].[Sn+2]. The van der Waals surface area contributed by atoms with E-state index in [1.807, 2.05) is 0 Å². The quantitative estimate of drug-likeness (QED) is 0.446. The summed E-state index contributed by atoms with van der Waals surface area (Å²) in [5, 5.41) is 18.8. The van der Waals surface area contributed by atoms with Crippen LogP contribution >= 0.6 is 0 Å². The van der Waals surface area contributed by atoms with Crippen LogP contribution in [0, 0.1) is 0 Å². The molecule has 0 aliphatic heterocycles. The Labute approximate surface area is 93.9 Å².